The predicted molar refractivity (Wildman–Crippen MR) is 137 cm³/mol. The van der Waals surface area contributed by atoms with Crippen LogP contribution in [0.25, 0.3) is 0 Å². The number of para-hydroxylation sites is 1. The van der Waals surface area contributed by atoms with E-state index >= 15 is 0 Å². The van der Waals surface area contributed by atoms with Gasteiger partial charge in [-0.3, -0.25) is 14.6 Å². The van der Waals surface area contributed by atoms with Crippen LogP contribution in [0.3, 0.4) is 0 Å². The lowest BCUT2D eigenvalue weighted by Crippen LogP contribution is -2.50. The molecule has 0 unspecified atom stereocenters. The third-order valence-electron chi connectivity index (χ3n) is 7.45. The fourth-order valence-corrected chi connectivity index (χ4v) is 5.42. The van der Waals surface area contributed by atoms with Crippen LogP contribution >= 0.6 is 0 Å². The van der Waals surface area contributed by atoms with Crippen LogP contribution in [-0.4, -0.2) is 73.8 Å². The Bertz CT molecular complexity index is 1180. The van der Waals surface area contributed by atoms with Gasteiger partial charge in [0.2, 0.25) is 0 Å². The van der Waals surface area contributed by atoms with Gasteiger partial charge in [0.15, 0.2) is 0 Å². The molecule has 2 fully saturated rings. The highest BCUT2D eigenvalue weighted by molar-refractivity contribution is 5.97. The molecular weight excluding hydrogens is 472 g/mol. The summed E-state index contributed by atoms with van der Waals surface area (Å²) in [7, 11) is 1.56. The number of carbonyl (C=O) groups is 2. The fourth-order valence-electron chi connectivity index (χ4n) is 5.42. The van der Waals surface area contributed by atoms with Crippen molar-refractivity contribution in [3.63, 3.8) is 0 Å². The van der Waals surface area contributed by atoms with Crippen molar-refractivity contribution in [1.29, 1.82) is 5.26 Å². The van der Waals surface area contributed by atoms with Gasteiger partial charge in [-0.25, -0.2) is 4.79 Å². The lowest BCUT2D eigenvalue weighted by atomic mass is 10.00. The van der Waals surface area contributed by atoms with Gasteiger partial charge in [-0.2, -0.15) is 5.26 Å². The lowest BCUT2D eigenvalue weighted by Gasteiger charge is -2.40. The number of benzene rings is 2. The van der Waals surface area contributed by atoms with Gasteiger partial charge in [-0.05, 0) is 43.9 Å². The number of hydrogen-bond donors (Lipinski definition) is 0. The number of methoxy groups -OCH3 is 1. The molecule has 2 aromatic carbocycles. The third-order valence-corrected chi connectivity index (χ3v) is 7.45. The average molecular weight is 505 g/mol. The van der Waals surface area contributed by atoms with Crippen molar-refractivity contribution < 1.29 is 23.8 Å². The number of piperidine rings is 2. The van der Waals surface area contributed by atoms with E-state index in [-0.39, 0.29) is 24.1 Å². The summed E-state index contributed by atoms with van der Waals surface area (Å²) < 4.78 is 17.1. The van der Waals surface area contributed by atoms with E-state index in [1.807, 2.05) is 35.2 Å². The quantitative estimate of drug-likeness (QED) is 0.552. The number of nitrogens with zero attached hydrogens (tertiary/aromatic N) is 4. The highest BCUT2D eigenvalue weighted by Gasteiger charge is 2.35. The molecule has 2 aromatic rings. The number of likely N-dealkylation sites (tertiary alicyclic amines) is 2. The van der Waals surface area contributed by atoms with Gasteiger partial charge < -0.3 is 19.1 Å². The van der Waals surface area contributed by atoms with E-state index in [1.54, 1.807) is 24.1 Å². The van der Waals surface area contributed by atoms with Crippen molar-refractivity contribution in [2.45, 2.75) is 44.4 Å². The number of anilines is 1. The van der Waals surface area contributed by atoms with E-state index in [9.17, 15) is 9.59 Å². The van der Waals surface area contributed by atoms with E-state index in [1.165, 1.54) is 0 Å². The maximum Gasteiger partial charge on any atom is 0.414 e. The zero-order valence-corrected chi connectivity index (χ0v) is 21.1. The van der Waals surface area contributed by atoms with E-state index in [0.717, 1.165) is 37.2 Å². The summed E-state index contributed by atoms with van der Waals surface area (Å²) in [5.41, 5.74) is 2.40. The topological polar surface area (TPSA) is 95.3 Å². The van der Waals surface area contributed by atoms with Crippen LogP contribution in [0.15, 0.2) is 42.5 Å². The Kier molecular flexibility index (Phi) is 7.47. The summed E-state index contributed by atoms with van der Waals surface area (Å²) >= 11 is 0. The maximum atomic E-state index is 13.4. The summed E-state index contributed by atoms with van der Waals surface area (Å²) in [6.45, 7) is 3.49. The van der Waals surface area contributed by atoms with Crippen LogP contribution in [0, 0.1) is 11.3 Å². The van der Waals surface area contributed by atoms with Crippen LogP contribution in [0.4, 0.5) is 10.5 Å². The number of ether oxygens (including phenoxy) is 3. The molecule has 0 saturated carbocycles. The molecule has 0 aromatic heterocycles. The summed E-state index contributed by atoms with van der Waals surface area (Å²) in [6, 6.07) is 15.4. The first kappa shape index (κ1) is 24.9. The van der Waals surface area contributed by atoms with Crippen molar-refractivity contribution in [3.05, 3.63) is 53.6 Å². The molecular formula is C28H32N4O5. The molecule has 0 spiro atoms. The summed E-state index contributed by atoms with van der Waals surface area (Å²) in [6.07, 6.45) is 2.80. The van der Waals surface area contributed by atoms with Crippen molar-refractivity contribution in [3.8, 4) is 17.6 Å². The Morgan fingerprint density at radius 1 is 1.08 bits per heavy atom. The van der Waals surface area contributed by atoms with Gasteiger partial charge in [0.05, 0.1) is 31.0 Å². The zero-order chi connectivity index (χ0) is 25.8. The van der Waals surface area contributed by atoms with Crippen LogP contribution in [0.1, 0.15) is 41.6 Å². The Labute approximate surface area is 217 Å². The molecule has 3 heterocycles. The summed E-state index contributed by atoms with van der Waals surface area (Å²) in [5.74, 6) is 1.07. The molecule has 9 heteroatoms. The SMILES string of the molecule is COc1cc(OC2CCN(CC#N)CC2)ccc1C(=O)N1CCC(N2C(=O)OCc3ccccc32)CC1. The van der Waals surface area contributed by atoms with Gasteiger partial charge in [0, 0.05) is 43.9 Å². The molecule has 194 valence electrons. The Morgan fingerprint density at radius 3 is 2.57 bits per heavy atom. The smallest absolute Gasteiger partial charge is 0.414 e. The molecule has 0 radical (unpaired) electrons. The summed E-state index contributed by atoms with van der Waals surface area (Å²) in [5, 5.41) is 8.87. The van der Waals surface area contributed by atoms with Crippen molar-refractivity contribution >= 4 is 17.7 Å². The minimum Gasteiger partial charge on any atom is -0.496 e. The molecule has 0 N–H and O–H groups in total. The number of nitriles is 1. The van der Waals surface area contributed by atoms with Crippen molar-refractivity contribution in [2.24, 2.45) is 0 Å². The van der Waals surface area contributed by atoms with Crippen LogP contribution in [-0.2, 0) is 11.3 Å². The number of hydrogen-bond acceptors (Lipinski definition) is 7. The average Bonchev–Trinajstić information content (AvgIpc) is 2.94. The second-order valence-electron chi connectivity index (χ2n) is 9.69. The molecule has 0 atom stereocenters. The van der Waals surface area contributed by atoms with Crippen LogP contribution < -0.4 is 14.4 Å². The van der Waals surface area contributed by atoms with Crippen molar-refractivity contribution in [2.75, 3.05) is 44.7 Å². The molecule has 5 rings (SSSR count). The normalized spacial score (nSPS) is 19.1. The van der Waals surface area contributed by atoms with E-state index in [2.05, 4.69) is 11.0 Å². The minimum atomic E-state index is -0.323. The second-order valence-corrected chi connectivity index (χ2v) is 9.69. The minimum absolute atomic E-state index is 0.0183. The first-order valence-corrected chi connectivity index (χ1v) is 12.8. The number of fused-ring (bicyclic) bond motifs is 1. The first-order valence-electron chi connectivity index (χ1n) is 12.8. The predicted octanol–water partition coefficient (Wildman–Crippen LogP) is 3.82. The number of amides is 2. The number of cyclic esters (lactones) is 1. The van der Waals surface area contributed by atoms with Gasteiger partial charge in [-0.1, -0.05) is 18.2 Å². The van der Waals surface area contributed by atoms with Gasteiger partial charge in [0.25, 0.3) is 5.91 Å². The van der Waals surface area contributed by atoms with Crippen molar-refractivity contribution in [1.82, 2.24) is 9.80 Å². The lowest BCUT2D eigenvalue weighted by molar-refractivity contribution is 0.0705. The largest absolute Gasteiger partial charge is 0.496 e. The van der Waals surface area contributed by atoms with Gasteiger partial charge in [0.1, 0.15) is 24.2 Å². The zero-order valence-electron chi connectivity index (χ0n) is 21.1. The Balaban J connectivity index is 1.21. The molecule has 37 heavy (non-hydrogen) atoms. The van der Waals surface area contributed by atoms with E-state index in [4.69, 9.17) is 19.5 Å². The fraction of sp³-hybridized carbons (Fsp3) is 0.464. The van der Waals surface area contributed by atoms with Gasteiger partial charge in [-0.15, -0.1) is 0 Å². The standard InChI is InChI=1S/C28H32N4O5/c1-35-26-18-23(37-22-10-13-30(14-11-22)17-12-29)6-7-24(26)27(33)31-15-8-21(9-16-31)32-25-5-3-2-4-20(25)19-36-28(32)34/h2-7,18,21-22H,8-11,13-17,19H2,1H3. The highest BCUT2D eigenvalue weighted by Crippen LogP contribution is 2.33. The summed E-state index contributed by atoms with van der Waals surface area (Å²) in [4.78, 5) is 31.7. The molecule has 2 saturated heterocycles. The Hall–Kier alpha value is -3.77. The van der Waals surface area contributed by atoms with Gasteiger partial charge >= 0.3 is 6.09 Å². The second kappa shape index (κ2) is 11.1. The number of carbonyl (C=O) groups excluding carboxylic acids is 2. The van der Waals surface area contributed by atoms with E-state index < -0.39 is 0 Å². The first-order chi connectivity index (χ1) is 18.1. The Morgan fingerprint density at radius 2 is 1.84 bits per heavy atom. The maximum absolute atomic E-state index is 13.4. The molecule has 3 aliphatic rings. The molecule has 3 aliphatic heterocycles. The van der Waals surface area contributed by atoms with E-state index in [0.29, 0.717) is 56.1 Å². The third kappa shape index (κ3) is 5.35. The van der Waals surface area contributed by atoms with Crippen LogP contribution in [0.2, 0.25) is 0 Å². The molecule has 9 nitrogen and oxygen atoms in total. The molecule has 0 aliphatic carbocycles. The number of rotatable bonds is 6. The monoisotopic (exact) mass is 504 g/mol. The molecule has 0 bridgehead atoms. The highest BCUT2D eigenvalue weighted by atomic mass is 16.6. The molecule has 2 amide bonds. The van der Waals surface area contributed by atoms with Crippen LogP contribution in [0.5, 0.6) is 11.5 Å².